The average Bonchev–Trinajstić information content (AvgIpc) is 2.94. The molecule has 0 saturated carbocycles. The normalized spacial score (nSPS) is 14.4. The van der Waals surface area contributed by atoms with E-state index in [9.17, 15) is 14.4 Å². The first-order valence-electron chi connectivity index (χ1n) is 12.9. The van der Waals surface area contributed by atoms with Crippen LogP contribution >= 0.6 is 0 Å². The van der Waals surface area contributed by atoms with Crippen molar-refractivity contribution < 1.29 is 19.1 Å². The summed E-state index contributed by atoms with van der Waals surface area (Å²) in [5.41, 5.74) is 5.73. The summed E-state index contributed by atoms with van der Waals surface area (Å²) in [6, 6.07) is 22.9. The number of nitrogens with one attached hydrogen (secondary N) is 1. The maximum absolute atomic E-state index is 12.2. The summed E-state index contributed by atoms with van der Waals surface area (Å²) in [6.45, 7) is 6.48. The van der Waals surface area contributed by atoms with Crippen LogP contribution < -0.4 is 15.1 Å². The third-order valence-electron chi connectivity index (χ3n) is 6.38. The van der Waals surface area contributed by atoms with Crippen LogP contribution in [-0.2, 0) is 20.9 Å². The minimum atomic E-state index is -0.410. The number of aliphatic imine (C=N–C) groups is 1. The number of carbonyl (C=O) groups is 3. The van der Waals surface area contributed by atoms with Gasteiger partial charge in [-0.25, -0.2) is 9.79 Å². The van der Waals surface area contributed by atoms with Gasteiger partial charge in [0, 0.05) is 37.7 Å². The van der Waals surface area contributed by atoms with Crippen molar-refractivity contribution >= 4 is 47.1 Å². The fourth-order valence-electron chi connectivity index (χ4n) is 4.15. The Bertz CT molecular complexity index is 1430. The number of rotatable bonds is 9. The van der Waals surface area contributed by atoms with Crippen molar-refractivity contribution in [3.8, 4) is 0 Å². The zero-order valence-corrected chi connectivity index (χ0v) is 22.9. The number of allylic oxidation sites excluding steroid dienone is 1. The van der Waals surface area contributed by atoms with Crippen LogP contribution in [0.1, 0.15) is 34.8 Å². The third-order valence-corrected chi connectivity index (χ3v) is 6.38. The Kier molecular flexibility index (Phi) is 8.91. The van der Waals surface area contributed by atoms with E-state index in [4.69, 9.17) is 4.74 Å². The van der Waals surface area contributed by atoms with E-state index >= 15 is 0 Å². The number of carbonyl (C=O) groups excluding carboxylic acids is 3. The van der Waals surface area contributed by atoms with Gasteiger partial charge in [-0.3, -0.25) is 9.59 Å². The van der Waals surface area contributed by atoms with Gasteiger partial charge in [0.2, 0.25) is 0 Å². The molecule has 0 radical (unpaired) electrons. The van der Waals surface area contributed by atoms with Crippen LogP contribution in [0.4, 0.5) is 17.1 Å². The van der Waals surface area contributed by atoms with Crippen molar-refractivity contribution in [2.75, 3.05) is 30.5 Å². The second-order valence-corrected chi connectivity index (χ2v) is 9.45. The molecule has 1 aliphatic rings. The topological polar surface area (TPSA) is 91.3 Å². The zero-order valence-electron chi connectivity index (χ0n) is 22.9. The number of hydrogen-bond donors (Lipinski definition) is 1. The molecule has 0 aromatic heterocycles. The van der Waals surface area contributed by atoms with Gasteiger partial charge in [0.05, 0.1) is 36.2 Å². The first-order chi connectivity index (χ1) is 19.2. The molecule has 1 saturated heterocycles. The molecule has 8 heteroatoms. The molecule has 204 valence electrons. The van der Waals surface area contributed by atoms with Crippen molar-refractivity contribution in [2.24, 2.45) is 4.99 Å². The Morgan fingerprint density at radius 2 is 1.62 bits per heavy atom. The molecule has 1 amide bonds. The first kappa shape index (κ1) is 28.0. The number of anilines is 2. The van der Waals surface area contributed by atoms with Crippen LogP contribution in [0.5, 0.6) is 0 Å². The molecule has 0 aliphatic carbocycles. The fraction of sp³-hybridized carbons (Fsp3) is 0.188. The number of piperidine rings is 1. The van der Waals surface area contributed by atoms with Crippen molar-refractivity contribution in [2.45, 2.75) is 19.9 Å². The maximum Gasteiger partial charge on any atom is 0.338 e. The Balaban J connectivity index is 1.33. The smallest absolute Gasteiger partial charge is 0.338 e. The van der Waals surface area contributed by atoms with Crippen molar-refractivity contribution in [3.05, 3.63) is 107 Å². The molecule has 1 heterocycles. The van der Waals surface area contributed by atoms with Crippen LogP contribution in [0.3, 0.4) is 0 Å². The van der Waals surface area contributed by atoms with Gasteiger partial charge in [-0.1, -0.05) is 30.8 Å². The number of nitrogens with zero attached hydrogens (tertiary/aromatic N) is 3. The highest BCUT2D eigenvalue weighted by molar-refractivity contribution is 6.25. The summed E-state index contributed by atoms with van der Waals surface area (Å²) >= 11 is 0. The van der Waals surface area contributed by atoms with Gasteiger partial charge in [0.25, 0.3) is 5.91 Å². The number of amides is 1. The summed E-state index contributed by atoms with van der Waals surface area (Å²) in [4.78, 5) is 44.6. The molecule has 0 unspecified atom stereocenters. The highest BCUT2D eigenvalue weighted by atomic mass is 16.5. The summed E-state index contributed by atoms with van der Waals surface area (Å²) < 4.78 is 5.01. The van der Waals surface area contributed by atoms with E-state index < -0.39 is 5.91 Å². The number of ketones is 1. The Morgan fingerprint density at radius 3 is 2.25 bits per heavy atom. The lowest BCUT2D eigenvalue weighted by molar-refractivity contribution is -0.123. The van der Waals surface area contributed by atoms with Crippen molar-refractivity contribution in [1.82, 2.24) is 5.32 Å². The van der Waals surface area contributed by atoms with Crippen LogP contribution in [0.2, 0.25) is 0 Å². The summed E-state index contributed by atoms with van der Waals surface area (Å²) in [7, 11) is 3.94. The first-order valence-corrected chi connectivity index (χ1v) is 12.9. The van der Waals surface area contributed by atoms with Crippen LogP contribution in [0.15, 0.2) is 95.6 Å². The van der Waals surface area contributed by atoms with E-state index in [0.29, 0.717) is 24.4 Å². The van der Waals surface area contributed by atoms with E-state index in [1.165, 1.54) is 0 Å². The second kappa shape index (κ2) is 12.7. The Hall–Kier alpha value is -4.98. The second-order valence-electron chi connectivity index (χ2n) is 9.45. The minimum Gasteiger partial charge on any atom is -0.462 e. The predicted molar refractivity (Wildman–Crippen MR) is 159 cm³/mol. The molecule has 0 spiro atoms. The van der Waals surface area contributed by atoms with Gasteiger partial charge in [-0.15, -0.1) is 0 Å². The van der Waals surface area contributed by atoms with Gasteiger partial charge in [-0.05, 0) is 72.7 Å². The van der Waals surface area contributed by atoms with Crippen LogP contribution in [0, 0.1) is 0 Å². The van der Waals surface area contributed by atoms with Crippen molar-refractivity contribution in [3.63, 3.8) is 0 Å². The van der Waals surface area contributed by atoms with E-state index in [0.717, 1.165) is 28.2 Å². The van der Waals surface area contributed by atoms with Gasteiger partial charge >= 0.3 is 5.97 Å². The highest BCUT2D eigenvalue weighted by Crippen LogP contribution is 2.22. The summed E-state index contributed by atoms with van der Waals surface area (Å²) in [6.07, 6.45) is 3.48. The van der Waals surface area contributed by atoms with E-state index in [1.807, 2.05) is 55.4 Å². The lowest BCUT2D eigenvalue weighted by atomic mass is 9.99. The molecule has 40 heavy (non-hydrogen) atoms. The quantitative estimate of drug-likeness (QED) is 0.132. The van der Waals surface area contributed by atoms with Gasteiger partial charge in [0.1, 0.15) is 0 Å². The molecule has 4 rings (SSSR count). The molecule has 3 aromatic rings. The number of Topliss-reactive ketones (excluding diaryl/α,β-unsaturated/α-hetero) is 1. The summed E-state index contributed by atoms with van der Waals surface area (Å²) in [5, 5.41) is 2.62. The summed E-state index contributed by atoms with van der Waals surface area (Å²) in [5.74, 6) is -0.974. The van der Waals surface area contributed by atoms with Crippen LogP contribution in [-0.4, -0.2) is 44.7 Å². The van der Waals surface area contributed by atoms with Gasteiger partial charge in [0.15, 0.2) is 5.78 Å². The molecule has 8 nitrogen and oxygen atoms in total. The molecular weight excluding hydrogens is 504 g/mol. The highest BCUT2D eigenvalue weighted by Gasteiger charge is 2.24. The van der Waals surface area contributed by atoms with Gasteiger partial charge < -0.3 is 19.9 Å². The van der Waals surface area contributed by atoms with E-state index in [-0.39, 0.29) is 23.7 Å². The number of benzene rings is 3. The molecule has 0 bridgehead atoms. The molecule has 1 N–H and O–H groups in total. The molecule has 0 atom stereocenters. The number of hydrogen-bond acceptors (Lipinski definition) is 6. The van der Waals surface area contributed by atoms with E-state index in [1.54, 1.807) is 43.6 Å². The molecular formula is C32H32N4O4. The largest absolute Gasteiger partial charge is 0.462 e. The monoisotopic (exact) mass is 536 g/mol. The van der Waals surface area contributed by atoms with E-state index in [2.05, 4.69) is 33.9 Å². The standard InChI is InChI=1S/C32H32N4O4/c1-5-40-32(39)25-10-12-26(13-11-25)33-21-36(4)28-16-8-24(9-17-28)20-35(3)27-14-6-23(7-15-27)19-29-30(37)18-22(2)34-31(29)38/h6-17,19,21H,2,5,18,20H2,1,3-4H3,(H,34,38)/b29-19+,33-21?. The SMILES string of the molecule is C=C1CC(=O)/C(=C\c2ccc(N(C)Cc3ccc(N(C)C=Nc4ccc(C(=O)OCC)cc4)cc3)cc2)C(=O)N1. The fourth-order valence-corrected chi connectivity index (χ4v) is 4.15. The zero-order chi connectivity index (χ0) is 28.6. The maximum atomic E-state index is 12.2. The molecule has 1 fully saturated rings. The lowest BCUT2D eigenvalue weighted by Gasteiger charge is -2.21. The number of esters is 1. The Morgan fingerprint density at radius 1 is 0.975 bits per heavy atom. The Labute approximate surface area is 234 Å². The van der Waals surface area contributed by atoms with Crippen LogP contribution in [0.25, 0.3) is 6.08 Å². The van der Waals surface area contributed by atoms with Crippen molar-refractivity contribution in [1.29, 1.82) is 0 Å². The molecule has 3 aromatic carbocycles. The minimum absolute atomic E-state index is 0.131. The van der Waals surface area contributed by atoms with Gasteiger partial charge in [-0.2, -0.15) is 0 Å². The third kappa shape index (κ3) is 7.11. The predicted octanol–water partition coefficient (Wildman–Crippen LogP) is 5.28. The molecule has 1 aliphatic heterocycles. The number of ether oxygens (including phenoxy) is 1. The average molecular weight is 537 g/mol. The lowest BCUT2D eigenvalue weighted by Crippen LogP contribution is -2.34.